The van der Waals surface area contributed by atoms with Crippen LogP contribution in [0, 0.1) is 28.5 Å². The number of hydrogen-bond acceptors (Lipinski definition) is 0. The molecule has 0 nitrogen and oxygen atoms in total. The molecule has 4 heavy (non-hydrogen) atoms. The Bertz CT molecular complexity index is 8.00. The maximum atomic E-state index is 1.47. The monoisotopic (exact) mass is 360 g/mol. The maximum absolute atomic E-state index is 1.47. The van der Waals surface area contributed by atoms with Gasteiger partial charge in [-0.2, -0.15) is 0 Å². The van der Waals surface area contributed by atoms with E-state index < -0.39 is 0 Å². The molecule has 18 valence electrons. The van der Waals surface area contributed by atoms with Crippen molar-refractivity contribution in [1.82, 2.24) is 0 Å². The van der Waals surface area contributed by atoms with Crippen molar-refractivity contribution in [1.29, 1.82) is 0 Å². The van der Waals surface area contributed by atoms with E-state index in [1.807, 2.05) is 0 Å². The summed E-state index contributed by atoms with van der Waals surface area (Å²) in [7, 11) is 0. The van der Waals surface area contributed by atoms with Crippen LogP contribution >= 0.6 is 0 Å². The Morgan fingerprint density at radius 1 is 1.25 bits per heavy atom. The van der Waals surface area contributed by atoms with E-state index in [4.69, 9.17) is 0 Å². The summed E-state index contributed by atoms with van der Waals surface area (Å²) in [5.74, 6) is 0. The Morgan fingerprint density at radius 3 is 1.25 bits per heavy atom. The van der Waals surface area contributed by atoms with E-state index in [2.05, 4.69) is 0 Å². The normalized spacial score (nSPS) is 2.50. The molecule has 0 N–H and O–H groups in total. The topological polar surface area (TPSA) is 0 Å². The van der Waals surface area contributed by atoms with E-state index in [9.17, 15) is 0 Å². The largest absolute Gasteiger partial charge is 0 e. The van der Waals surface area contributed by atoms with Crippen LogP contribution in [0.3, 0.4) is 0 Å². The van der Waals surface area contributed by atoms with Gasteiger partial charge in [0, 0.05) is 18.6 Å². The Hall–Kier alpha value is 3.49. The second-order valence-electron chi connectivity index (χ2n) is 0. The summed E-state index contributed by atoms with van der Waals surface area (Å²) in [6.45, 7) is 1.47. The van der Waals surface area contributed by atoms with Crippen molar-refractivity contribution in [2.45, 2.75) is 0 Å². The summed E-state index contributed by atoms with van der Waals surface area (Å²) in [6, 6.07) is 0. The maximum Gasteiger partial charge on any atom is 0 e. The molecule has 0 spiro atoms. The summed E-state index contributed by atoms with van der Waals surface area (Å²) in [5, 5.41) is 0. The van der Waals surface area contributed by atoms with Gasteiger partial charge in [-0.3, -0.25) is 0 Å². The average Bonchev–Trinajstić information content (AvgIpc) is 1.00. The van der Waals surface area contributed by atoms with Gasteiger partial charge in [0.1, 0.15) is 0 Å². The van der Waals surface area contributed by atoms with Crippen molar-refractivity contribution in [2.75, 3.05) is 0 Å². The fourth-order valence-corrected chi connectivity index (χ4v) is 0. The summed E-state index contributed by atoms with van der Waals surface area (Å²) >= 11 is 1.30. The molecule has 0 saturated heterocycles. The molecule has 0 bridgehead atoms. The molecular formula is H4KSiUV. The quantitative estimate of drug-likeness (QED) is 0.446. The van der Waals surface area contributed by atoms with Gasteiger partial charge < -0.3 is 0 Å². The van der Waals surface area contributed by atoms with E-state index in [0.29, 0.717) is 0 Å². The molecule has 0 atom stereocenters. The molecule has 1 radical (unpaired) electrons. The predicted molar refractivity (Wildman–Crippen MR) is 17.1 cm³/mol. The van der Waals surface area contributed by atoms with Crippen LogP contribution in [0.4, 0.5) is 0 Å². The first kappa shape index (κ1) is 15.6. The van der Waals surface area contributed by atoms with E-state index in [1.165, 1.54) is 35.0 Å². The molecule has 0 unspecified atom stereocenters. The summed E-state index contributed by atoms with van der Waals surface area (Å²) in [5.41, 5.74) is 0. The first-order valence-corrected chi connectivity index (χ1v) is 14.0. The zero-order chi connectivity index (χ0) is 2.00. The van der Waals surface area contributed by atoms with Gasteiger partial charge in [0.05, 0.1) is 0 Å². The molecule has 0 heterocycles. The SMILES string of the molecule is [KH].[SiH3][U].[V]. The molecule has 4 heteroatoms. The van der Waals surface area contributed by atoms with E-state index >= 15 is 0 Å². The van der Waals surface area contributed by atoms with Crippen molar-refractivity contribution < 1.29 is 47.0 Å². The Morgan fingerprint density at radius 2 is 1.25 bits per heavy atom. The third kappa shape index (κ3) is 9.09. The fraction of sp³-hybridized carbons (Fsp3) is 0. The minimum atomic E-state index is 0. The molecule has 0 amide bonds. The van der Waals surface area contributed by atoms with E-state index in [-0.39, 0.29) is 69.9 Å². The van der Waals surface area contributed by atoms with Crippen molar-refractivity contribution in [3.63, 3.8) is 0 Å². The molecule has 0 aliphatic heterocycles. The first-order valence-electron chi connectivity index (χ1n) is 0.500. The molecule has 0 aromatic heterocycles. The number of rotatable bonds is 0. The van der Waals surface area contributed by atoms with Gasteiger partial charge in [-0.05, 0) is 0 Å². The third-order valence-corrected chi connectivity index (χ3v) is 0. The van der Waals surface area contributed by atoms with Crippen LogP contribution in [0.1, 0.15) is 0 Å². The van der Waals surface area contributed by atoms with Gasteiger partial charge >= 0.3 is 86.4 Å². The molecular weight excluding hydrogens is 356 g/mol. The first-order chi connectivity index (χ1) is 1.00. The third-order valence-electron chi connectivity index (χ3n) is 0. The van der Waals surface area contributed by atoms with E-state index in [0.717, 1.165) is 0 Å². The average molecular weight is 360 g/mol. The van der Waals surface area contributed by atoms with Crippen LogP contribution in [0.5, 0.6) is 0 Å². The summed E-state index contributed by atoms with van der Waals surface area (Å²) in [6.07, 6.45) is 0. The van der Waals surface area contributed by atoms with E-state index in [1.54, 1.807) is 0 Å². The smallest absolute Gasteiger partial charge is 0 e. The van der Waals surface area contributed by atoms with Gasteiger partial charge in [0.2, 0.25) is 0 Å². The van der Waals surface area contributed by atoms with Gasteiger partial charge in [0.15, 0.2) is 0 Å². The Labute approximate surface area is 102 Å². The molecule has 0 rings (SSSR count). The predicted octanol–water partition coefficient (Wildman–Crippen LogP) is -1.83. The van der Waals surface area contributed by atoms with Gasteiger partial charge in [0.25, 0.3) is 0 Å². The molecule has 0 aliphatic carbocycles. The van der Waals surface area contributed by atoms with Crippen molar-refractivity contribution in [3.05, 3.63) is 0 Å². The standard InChI is InChI=1S/K.H3Si.U.V.H/h;1H3;;;. The minimum Gasteiger partial charge on any atom is 0 e. The zero-order valence-corrected chi connectivity index (χ0v) is 9.51. The summed E-state index contributed by atoms with van der Waals surface area (Å²) in [4.78, 5) is 0. The Kier molecular flexibility index (Phi) is 62.8. The molecule has 0 aliphatic rings. The van der Waals surface area contributed by atoms with Crippen LogP contribution in [-0.4, -0.2) is 57.9 Å². The van der Waals surface area contributed by atoms with Gasteiger partial charge in [-0.15, -0.1) is 0 Å². The second-order valence-corrected chi connectivity index (χ2v) is 0. The fourth-order valence-electron chi connectivity index (χ4n) is 0. The summed E-state index contributed by atoms with van der Waals surface area (Å²) < 4.78 is 0. The van der Waals surface area contributed by atoms with Crippen LogP contribution in [0.25, 0.3) is 0 Å². The van der Waals surface area contributed by atoms with Crippen LogP contribution in [-0.2, 0) is 18.6 Å². The minimum absolute atomic E-state index is 0. The van der Waals surface area contributed by atoms with Crippen LogP contribution < -0.4 is 0 Å². The van der Waals surface area contributed by atoms with Crippen LogP contribution in [0.15, 0.2) is 0 Å². The molecule has 0 aromatic carbocycles. The second kappa shape index (κ2) is 16.1. The molecule has 0 fully saturated rings. The van der Waals surface area contributed by atoms with Crippen molar-refractivity contribution in [3.8, 4) is 0 Å². The van der Waals surface area contributed by atoms with Gasteiger partial charge in [-0.1, -0.05) is 0 Å². The molecule has 0 aromatic rings. The van der Waals surface area contributed by atoms with Crippen molar-refractivity contribution in [2.24, 2.45) is 0 Å². The van der Waals surface area contributed by atoms with Gasteiger partial charge in [-0.25, -0.2) is 0 Å². The molecule has 0 saturated carbocycles. The zero-order valence-electron chi connectivity index (χ0n) is 1.95. The van der Waals surface area contributed by atoms with Crippen LogP contribution in [0.2, 0.25) is 0 Å². The van der Waals surface area contributed by atoms with Crippen molar-refractivity contribution >= 4 is 57.9 Å². The Balaban J connectivity index is -0.00000000500. The number of hydrogen-bond donors (Lipinski definition) is 0.